The van der Waals surface area contributed by atoms with Crippen molar-refractivity contribution in [2.75, 3.05) is 26.4 Å². The molecule has 4 rings (SSSR count). The number of benzene rings is 2. The molecule has 1 heterocycles. The van der Waals surface area contributed by atoms with E-state index in [1.807, 2.05) is 72.8 Å². The van der Waals surface area contributed by atoms with Crippen LogP contribution in [0.3, 0.4) is 0 Å². The molecule has 2 N–H and O–H groups in total. The van der Waals surface area contributed by atoms with E-state index in [2.05, 4.69) is 23.8 Å². The van der Waals surface area contributed by atoms with Gasteiger partial charge in [0.15, 0.2) is 0 Å². The van der Waals surface area contributed by atoms with Gasteiger partial charge < -0.3 is 29.7 Å². The second kappa shape index (κ2) is 21.8. The summed E-state index contributed by atoms with van der Waals surface area (Å²) in [5.41, 5.74) is 0.536. The van der Waals surface area contributed by atoms with Crippen molar-refractivity contribution < 1.29 is 33.4 Å². The van der Waals surface area contributed by atoms with Crippen molar-refractivity contribution in [1.29, 1.82) is 0 Å². The van der Waals surface area contributed by atoms with Crippen LogP contribution in [0.1, 0.15) is 89.0 Å². The van der Waals surface area contributed by atoms with Gasteiger partial charge in [-0.15, -0.1) is 13.2 Å². The van der Waals surface area contributed by atoms with E-state index in [-0.39, 0.29) is 49.5 Å². The van der Waals surface area contributed by atoms with Crippen LogP contribution in [0.5, 0.6) is 5.75 Å². The van der Waals surface area contributed by atoms with Crippen LogP contribution in [0.4, 0.5) is 0 Å². The van der Waals surface area contributed by atoms with Crippen LogP contribution >= 0.6 is 0 Å². The third kappa shape index (κ3) is 13.0. The first-order valence-electron chi connectivity index (χ1n) is 18.9. The molecule has 3 amide bonds. The fourth-order valence-corrected chi connectivity index (χ4v) is 6.83. The maximum absolute atomic E-state index is 13.8. The number of fused-ring (bicyclic) bond motifs is 1. The standard InChI is InChI=1S/C42H57N3O7/c1-3-5-7-8-9-10-11-18-24-38(46)44-35(25-27-51-34-22-16-13-17-23-34)40(48)43-30-39(47)45-36(41(49)52-31-33-20-14-12-15-21-33)28-42(29-37(42)45)32-50-26-19-6-4-2/h3-4,12-17,20-23,35-37H,1-2,5-11,18-19,24-32H2,(H,43,48)(H,44,46)/t35-,36-,37-,42+/m0/s1. The smallest absolute Gasteiger partial charge is 0.329 e. The lowest BCUT2D eigenvalue weighted by atomic mass is 10.0. The first kappa shape index (κ1) is 40.3. The molecule has 1 aliphatic carbocycles. The largest absolute Gasteiger partial charge is 0.494 e. The number of likely N-dealkylation sites (tertiary alicyclic amines) is 1. The van der Waals surface area contributed by atoms with Gasteiger partial charge in [0.1, 0.15) is 24.4 Å². The van der Waals surface area contributed by atoms with Crippen LogP contribution in [0.2, 0.25) is 0 Å². The number of piperidine rings is 1. The molecule has 2 fully saturated rings. The van der Waals surface area contributed by atoms with E-state index in [1.54, 1.807) is 4.90 Å². The first-order chi connectivity index (χ1) is 25.4. The zero-order valence-corrected chi connectivity index (χ0v) is 30.6. The molecular formula is C42H57N3O7. The molecule has 10 nitrogen and oxygen atoms in total. The summed E-state index contributed by atoms with van der Waals surface area (Å²) in [4.78, 5) is 55.3. The van der Waals surface area contributed by atoms with Gasteiger partial charge in [0, 0.05) is 30.9 Å². The Morgan fingerprint density at radius 2 is 1.52 bits per heavy atom. The molecule has 4 atom stereocenters. The monoisotopic (exact) mass is 715 g/mol. The molecule has 282 valence electrons. The minimum Gasteiger partial charge on any atom is -0.494 e. The van der Waals surface area contributed by atoms with Crippen molar-refractivity contribution in [3.05, 3.63) is 91.5 Å². The van der Waals surface area contributed by atoms with Gasteiger partial charge >= 0.3 is 5.97 Å². The van der Waals surface area contributed by atoms with Crippen molar-refractivity contribution in [2.45, 2.75) is 108 Å². The van der Waals surface area contributed by atoms with Crippen LogP contribution in [0.25, 0.3) is 0 Å². The molecule has 2 aliphatic rings. The van der Waals surface area contributed by atoms with E-state index in [9.17, 15) is 19.2 Å². The minimum atomic E-state index is -0.892. The summed E-state index contributed by atoms with van der Waals surface area (Å²) >= 11 is 0. The summed E-state index contributed by atoms with van der Waals surface area (Å²) in [6.07, 6.45) is 14.4. The summed E-state index contributed by atoms with van der Waals surface area (Å²) in [7, 11) is 0. The number of allylic oxidation sites excluding steroid dienone is 2. The number of nitrogens with one attached hydrogen (secondary N) is 2. The van der Waals surface area contributed by atoms with E-state index in [0.717, 1.165) is 69.8 Å². The van der Waals surface area contributed by atoms with Crippen molar-refractivity contribution in [3.8, 4) is 5.75 Å². The van der Waals surface area contributed by atoms with Crippen LogP contribution in [-0.2, 0) is 35.3 Å². The number of carbonyl (C=O) groups excluding carboxylic acids is 4. The maximum atomic E-state index is 13.8. The molecule has 2 aromatic rings. The number of unbranched alkanes of at least 4 members (excludes halogenated alkanes) is 7. The SMILES string of the molecule is C=CCCCCCCCCC(=O)N[C@@H](CCOc1ccccc1)C(=O)NCC(=O)N1[C@H]2C[C@@]2(COCCCC=C)C[C@H]1C(=O)OCc1ccccc1. The van der Waals surface area contributed by atoms with Crippen molar-refractivity contribution >= 4 is 23.7 Å². The average molecular weight is 716 g/mol. The zero-order valence-electron chi connectivity index (χ0n) is 30.6. The van der Waals surface area contributed by atoms with Gasteiger partial charge in [-0.3, -0.25) is 14.4 Å². The van der Waals surface area contributed by atoms with E-state index >= 15 is 0 Å². The van der Waals surface area contributed by atoms with Crippen LogP contribution in [-0.4, -0.2) is 73.1 Å². The summed E-state index contributed by atoms with van der Waals surface area (Å²) in [6, 6.07) is 16.8. The van der Waals surface area contributed by atoms with Crippen molar-refractivity contribution in [3.63, 3.8) is 0 Å². The van der Waals surface area contributed by atoms with Crippen molar-refractivity contribution in [2.24, 2.45) is 5.41 Å². The highest BCUT2D eigenvalue weighted by molar-refractivity contribution is 5.92. The number of rotatable bonds is 26. The number of amides is 3. The number of hydrogen-bond donors (Lipinski definition) is 2. The normalized spacial score (nSPS) is 19.2. The predicted molar refractivity (Wildman–Crippen MR) is 201 cm³/mol. The van der Waals surface area contributed by atoms with Gasteiger partial charge in [0.2, 0.25) is 17.7 Å². The number of carbonyl (C=O) groups is 4. The number of ether oxygens (including phenoxy) is 3. The Morgan fingerprint density at radius 3 is 2.25 bits per heavy atom. The van der Waals surface area contributed by atoms with Gasteiger partial charge in [-0.1, -0.05) is 86.4 Å². The quantitative estimate of drug-likeness (QED) is 0.0652. The highest BCUT2D eigenvalue weighted by Crippen LogP contribution is 2.59. The predicted octanol–water partition coefficient (Wildman–Crippen LogP) is 6.45. The van der Waals surface area contributed by atoms with Crippen molar-refractivity contribution in [1.82, 2.24) is 15.5 Å². The molecule has 0 bridgehead atoms. The molecular weight excluding hydrogens is 658 g/mol. The Morgan fingerprint density at radius 1 is 0.846 bits per heavy atom. The van der Waals surface area contributed by atoms with E-state index in [4.69, 9.17) is 14.2 Å². The lowest BCUT2D eigenvalue weighted by Gasteiger charge is -2.27. The van der Waals surface area contributed by atoms with Gasteiger partial charge in [0.25, 0.3) is 0 Å². The molecule has 2 aromatic carbocycles. The summed E-state index contributed by atoms with van der Waals surface area (Å²) in [6.45, 7) is 8.52. The van der Waals surface area contributed by atoms with Gasteiger partial charge in [-0.2, -0.15) is 0 Å². The van der Waals surface area contributed by atoms with Crippen LogP contribution in [0.15, 0.2) is 86.0 Å². The molecule has 1 saturated heterocycles. The third-order valence-electron chi connectivity index (χ3n) is 9.83. The Balaban J connectivity index is 1.33. The van der Waals surface area contributed by atoms with Gasteiger partial charge in [0.05, 0.1) is 19.8 Å². The van der Waals surface area contributed by atoms with E-state index in [0.29, 0.717) is 31.8 Å². The number of nitrogens with zero attached hydrogens (tertiary/aromatic N) is 1. The molecule has 1 aliphatic heterocycles. The Hall–Kier alpha value is -4.44. The Labute approximate surface area is 309 Å². The molecule has 10 heteroatoms. The maximum Gasteiger partial charge on any atom is 0.329 e. The summed E-state index contributed by atoms with van der Waals surface area (Å²) in [5, 5.41) is 5.62. The molecule has 0 radical (unpaired) electrons. The number of hydrogen-bond acceptors (Lipinski definition) is 7. The number of para-hydroxylation sites is 1. The third-order valence-corrected chi connectivity index (χ3v) is 9.83. The fourth-order valence-electron chi connectivity index (χ4n) is 6.83. The summed E-state index contributed by atoms with van der Waals surface area (Å²) in [5.74, 6) is -0.871. The van der Waals surface area contributed by atoms with E-state index < -0.39 is 24.0 Å². The zero-order chi connectivity index (χ0) is 37.0. The second-order valence-corrected chi connectivity index (χ2v) is 13.9. The topological polar surface area (TPSA) is 123 Å². The highest BCUT2D eigenvalue weighted by Gasteiger charge is 2.67. The second-order valence-electron chi connectivity index (χ2n) is 13.9. The molecule has 52 heavy (non-hydrogen) atoms. The average Bonchev–Trinajstić information content (AvgIpc) is 3.76. The van der Waals surface area contributed by atoms with Gasteiger partial charge in [-0.05, 0) is 62.6 Å². The molecule has 0 spiro atoms. The fraction of sp³-hybridized carbons (Fsp3) is 0.524. The first-order valence-corrected chi connectivity index (χ1v) is 18.9. The van der Waals surface area contributed by atoms with Gasteiger partial charge in [-0.25, -0.2) is 4.79 Å². The van der Waals surface area contributed by atoms with Crippen LogP contribution in [0, 0.1) is 5.41 Å². The lowest BCUT2D eigenvalue weighted by Crippen LogP contribution is -2.52. The Bertz CT molecular complexity index is 1440. The van der Waals surface area contributed by atoms with Crippen LogP contribution < -0.4 is 15.4 Å². The molecule has 1 saturated carbocycles. The Kier molecular flexibility index (Phi) is 16.9. The number of esters is 1. The highest BCUT2D eigenvalue weighted by atomic mass is 16.5. The minimum absolute atomic E-state index is 0.104. The molecule has 0 aromatic heterocycles. The van der Waals surface area contributed by atoms with E-state index in [1.165, 1.54) is 0 Å². The molecule has 0 unspecified atom stereocenters. The summed E-state index contributed by atoms with van der Waals surface area (Å²) < 4.78 is 17.5. The lowest BCUT2D eigenvalue weighted by molar-refractivity contribution is -0.155.